The van der Waals surface area contributed by atoms with Crippen molar-refractivity contribution in [1.29, 1.82) is 0 Å². The quantitative estimate of drug-likeness (QED) is 0.380. The zero-order valence-corrected chi connectivity index (χ0v) is 15.5. The molecule has 3 rings (SSSR count). The minimum atomic E-state index is -0.536. The molecule has 0 spiro atoms. The van der Waals surface area contributed by atoms with E-state index >= 15 is 0 Å². The third-order valence-electron chi connectivity index (χ3n) is 3.80. The van der Waals surface area contributed by atoms with Crippen LogP contribution in [-0.2, 0) is 4.79 Å². The molecule has 138 valence electrons. The number of rotatable bonds is 6. The van der Waals surface area contributed by atoms with Crippen molar-refractivity contribution in [2.45, 2.75) is 24.3 Å². The van der Waals surface area contributed by atoms with Gasteiger partial charge in [-0.1, -0.05) is 53.7 Å². The van der Waals surface area contributed by atoms with Crippen LogP contribution in [-0.4, -0.2) is 31.3 Å². The molecule has 0 aliphatic heterocycles. The minimum absolute atomic E-state index is 0.150. The van der Waals surface area contributed by atoms with E-state index in [2.05, 4.69) is 20.5 Å². The molecule has 1 heterocycles. The van der Waals surface area contributed by atoms with Gasteiger partial charge in [-0.15, -0.1) is 5.10 Å². The first kappa shape index (κ1) is 18.6. The molecular weight excluding hydrogens is 366 g/mol. The second-order valence-corrected chi connectivity index (χ2v) is 7.16. The summed E-state index contributed by atoms with van der Waals surface area (Å²) in [6.45, 7) is 3.69. The van der Waals surface area contributed by atoms with Gasteiger partial charge in [-0.25, -0.2) is 4.98 Å². The van der Waals surface area contributed by atoms with Gasteiger partial charge < -0.3 is 5.32 Å². The molecule has 27 heavy (non-hydrogen) atoms. The lowest BCUT2D eigenvalue weighted by Crippen LogP contribution is -2.23. The first-order valence-corrected chi connectivity index (χ1v) is 9.02. The fourth-order valence-electron chi connectivity index (χ4n) is 2.32. The van der Waals surface area contributed by atoms with E-state index in [0.717, 1.165) is 11.1 Å². The number of aromatic amines is 1. The summed E-state index contributed by atoms with van der Waals surface area (Å²) in [6, 6.07) is 13.9. The number of aromatic nitrogens is 3. The molecule has 3 aromatic rings. The molecule has 0 radical (unpaired) electrons. The van der Waals surface area contributed by atoms with Crippen LogP contribution in [0, 0.1) is 17.0 Å². The molecule has 0 aliphatic rings. The van der Waals surface area contributed by atoms with Crippen molar-refractivity contribution < 1.29 is 9.72 Å². The Labute approximate surface area is 159 Å². The Balaban J connectivity index is 1.67. The van der Waals surface area contributed by atoms with Crippen molar-refractivity contribution in [2.75, 3.05) is 5.32 Å². The molecule has 0 aliphatic carbocycles. The number of nitrogens with one attached hydrogen (secondary N) is 2. The standard InChI is InChI=1S/C18H17N5O3S/c1-11-7-9-13(10-8-11)16-20-18(22-21-16)27-12(2)17(24)19-14-5-3-4-6-15(14)23(25)26/h3-10,12H,1-2H3,(H,19,24)(H,20,21,22)/t12-/m1/s1. The van der Waals surface area contributed by atoms with Crippen LogP contribution in [0.4, 0.5) is 11.4 Å². The first-order valence-electron chi connectivity index (χ1n) is 8.14. The Bertz CT molecular complexity index is 971. The number of carbonyl (C=O) groups excluding carboxylic acids is 1. The maximum Gasteiger partial charge on any atom is 0.292 e. The molecule has 2 aromatic carbocycles. The van der Waals surface area contributed by atoms with Crippen LogP contribution < -0.4 is 5.32 Å². The first-order chi connectivity index (χ1) is 12.9. The highest BCUT2D eigenvalue weighted by molar-refractivity contribution is 8.00. The predicted molar refractivity (Wildman–Crippen MR) is 104 cm³/mol. The van der Waals surface area contributed by atoms with Crippen LogP contribution >= 0.6 is 11.8 Å². The van der Waals surface area contributed by atoms with Gasteiger partial charge in [-0.05, 0) is 19.9 Å². The summed E-state index contributed by atoms with van der Waals surface area (Å²) >= 11 is 1.17. The monoisotopic (exact) mass is 383 g/mol. The predicted octanol–water partition coefficient (Wildman–Crippen LogP) is 3.81. The van der Waals surface area contributed by atoms with Gasteiger partial charge >= 0.3 is 0 Å². The molecule has 2 N–H and O–H groups in total. The smallest absolute Gasteiger partial charge is 0.292 e. The van der Waals surface area contributed by atoms with Crippen molar-refractivity contribution in [3.8, 4) is 11.4 Å². The number of nitrogens with zero attached hydrogens (tertiary/aromatic N) is 3. The number of benzene rings is 2. The number of nitro benzene ring substituents is 1. The van der Waals surface area contributed by atoms with E-state index < -0.39 is 10.2 Å². The third-order valence-corrected chi connectivity index (χ3v) is 4.76. The van der Waals surface area contributed by atoms with Gasteiger partial charge in [0.1, 0.15) is 5.69 Å². The average molecular weight is 383 g/mol. The van der Waals surface area contributed by atoms with Crippen molar-refractivity contribution in [3.63, 3.8) is 0 Å². The van der Waals surface area contributed by atoms with Crippen LogP contribution in [0.25, 0.3) is 11.4 Å². The molecule has 1 atom stereocenters. The van der Waals surface area contributed by atoms with Gasteiger partial charge in [-0.3, -0.25) is 20.0 Å². The molecule has 1 amide bonds. The Hall–Kier alpha value is -3.20. The zero-order chi connectivity index (χ0) is 19.4. The number of thioether (sulfide) groups is 1. The van der Waals surface area contributed by atoms with Crippen LogP contribution in [0.3, 0.4) is 0 Å². The Morgan fingerprint density at radius 2 is 1.93 bits per heavy atom. The summed E-state index contributed by atoms with van der Waals surface area (Å²) in [5, 5.41) is 20.5. The summed E-state index contributed by atoms with van der Waals surface area (Å²) in [6.07, 6.45) is 0. The molecule has 0 unspecified atom stereocenters. The summed E-state index contributed by atoms with van der Waals surface area (Å²) < 4.78 is 0. The van der Waals surface area contributed by atoms with Crippen LogP contribution in [0.15, 0.2) is 53.7 Å². The average Bonchev–Trinajstić information content (AvgIpc) is 3.11. The van der Waals surface area contributed by atoms with E-state index in [0.29, 0.717) is 11.0 Å². The molecule has 1 aromatic heterocycles. The molecular formula is C18H17N5O3S. The highest BCUT2D eigenvalue weighted by atomic mass is 32.2. The maximum atomic E-state index is 12.4. The van der Waals surface area contributed by atoms with Crippen molar-refractivity contribution in [2.24, 2.45) is 0 Å². The largest absolute Gasteiger partial charge is 0.319 e. The second kappa shape index (κ2) is 8.00. The van der Waals surface area contributed by atoms with Gasteiger partial charge in [0.25, 0.3) is 5.69 Å². The summed E-state index contributed by atoms with van der Waals surface area (Å²) in [5.74, 6) is 0.250. The summed E-state index contributed by atoms with van der Waals surface area (Å²) in [7, 11) is 0. The lowest BCUT2D eigenvalue weighted by Gasteiger charge is -2.10. The number of hydrogen-bond acceptors (Lipinski definition) is 6. The van der Waals surface area contributed by atoms with Crippen LogP contribution in [0.1, 0.15) is 12.5 Å². The zero-order valence-electron chi connectivity index (χ0n) is 14.7. The van der Waals surface area contributed by atoms with Gasteiger partial charge in [0, 0.05) is 11.6 Å². The third kappa shape index (κ3) is 4.50. The lowest BCUT2D eigenvalue weighted by molar-refractivity contribution is -0.383. The number of aryl methyl sites for hydroxylation is 1. The second-order valence-electron chi connectivity index (χ2n) is 5.86. The fraction of sp³-hybridized carbons (Fsp3) is 0.167. The minimum Gasteiger partial charge on any atom is -0.319 e. The molecule has 0 bridgehead atoms. The van der Waals surface area contributed by atoms with Crippen LogP contribution in [0.2, 0.25) is 0 Å². The van der Waals surface area contributed by atoms with E-state index in [9.17, 15) is 14.9 Å². The van der Waals surface area contributed by atoms with E-state index in [1.165, 1.54) is 23.9 Å². The van der Waals surface area contributed by atoms with E-state index in [1.807, 2.05) is 31.2 Å². The van der Waals surface area contributed by atoms with Gasteiger partial charge in [0.05, 0.1) is 10.2 Å². The van der Waals surface area contributed by atoms with Crippen LogP contribution in [0.5, 0.6) is 0 Å². The lowest BCUT2D eigenvalue weighted by atomic mass is 10.1. The Morgan fingerprint density at radius 3 is 2.63 bits per heavy atom. The van der Waals surface area contributed by atoms with E-state index in [-0.39, 0.29) is 17.3 Å². The van der Waals surface area contributed by atoms with Crippen molar-refractivity contribution >= 4 is 29.0 Å². The van der Waals surface area contributed by atoms with E-state index in [1.54, 1.807) is 19.1 Å². The van der Waals surface area contributed by atoms with Gasteiger partial charge in [0.15, 0.2) is 5.82 Å². The van der Waals surface area contributed by atoms with Crippen molar-refractivity contribution in [3.05, 3.63) is 64.2 Å². The molecule has 8 nitrogen and oxygen atoms in total. The Morgan fingerprint density at radius 1 is 1.22 bits per heavy atom. The Kier molecular flexibility index (Phi) is 5.51. The molecule has 0 saturated heterocycles. The van der Waals surface area contributed by atoms with E-state index in [4.69, 9.17) is 0 Å². The number of para-hydroxylation sites is 2. The molecule has 9 heteroatoms. The number of amides is 1. The number of H-pyrrole nitrogens is 1. The topological polar surface area (TPSA) is 114 Å². The number of carbonyl (C=O) groups is 1. The number of anilines is 1. The maximum absolute atomic E-state index is 12.4. The molecule has 0 saturated carbocycles. The highest BCUT2D eigenvalue weighted by Crippen LogP contribution is 2.26. The number of hydrogen-bond donors (Lipinski definition) is 2. The number of nitro groups is 1. The van der Waals surface area contributed by atoms with Gasteiger partial charge in [-0.2, -0.15) is 0 Å². The normalized spacial score (nSPS) is 11.8. The highest BCUT2D eigenvalue weighted by Gasteiger charge is 2.21. The fourth-order valence-corrected chi connectivity index (χ4v) is 3.05. The molecule has 0 fully saturated rings. The van der Waals surface area contributed by atoms with Gasteiger partial charge in [0.2, 0.25) is 11.1 Å². The SMILES string of the molecule is Cc1ccc(-c2nc(S[C@H](C)C(=O)Nc3ccccc3[N+](=O)[O-])n[nH]2)cc1. The summed E-state index contributed by atoms with van der Waals surface area (Å²) in [4.78, 5) is 27.3. The van der Waals surface area contributed by atoms with Crippen molar-refractivity contribution in [1.82, 2.24) is 15.2 Å². The summed E-state index contributed by atoms with van der Waals surface area (Å²) in [5.41, 5.74) is 2.06.